The van der Waals surface area contributed by atoms with Crippen molar-refractivity contribution in [1.82, 2.24) is 10.3 Å². The summed E-state index contributed by atoms with van der Waals surface area (Å²) >= 11 is 0. The van der Waals surface area contributed by atoms with E-state index in [1.807, 2.05) is 45.0 Å². The van der Waals surface area contributed by atoms with Gasteiger partial charge in [-0.2, -0.15) is 0 Å². The number of hydrogen-bond donors (Lipinski definition) is 2. The first-order valence-corrected chi connectivity index (χ1v) is 11.4. The van der Waals surface area contributed by atoms with E-state index in [0.29, 0.717) is 11.4 Å². The van der Waals surface area contributed by atoms with Gasteiger partial charge in [-0.1, -0.05) is 30.4 Å². The zero-order valence-corrected chi connectivity index (χ0v) is 19.6. The van der Waals surface area contributed by atoms with E-state index >= 15 is 0 Å². The molecule has 2 bridgehead atoms. The Hall–Kier alpha value is -3.52. The SMILES string of the molecule is CC(C)(C)NC(=O)[C@H]1N(c2cccnc2)C(=O)[C@@H]2[C@H](C(=O)Nc3ccccc3)[C@@]3(C)C=C[C@@]21O3. The normalized spacial score (nSPS) is 31.5. The van der Waals surface area contributed by atoms with Crippen LogP contribution >= 0.6 is 0 Å². The summed E-state index contributed by atoms with van der Waals surface area (Å²) in [6.45, 7) is 7.44. The molecule has 5 atom stereocenters. The van der Waals surface area contributed by atoms with Crippen LogP contribution in [0, 0.1) is 11.8 Å². The molecule has 8 heteroatoms. The van der Waals surface area contributed by atoms with Gasteiger partial charge in [-0.25, -0.2) is 0 Å². The van der Waals surface area contributed by atoms with E-state index in [4.69, 9.17) is 4.74 Å². The van der Waals surface area contributed by atoms with E-state index in [1.54, 1.807) is 49.7 Å². The predicted molar refractivity (Wildman–Crippen MR) is 127 cm³/mol. The van der Waals surface area contributed by atoms with Crippen molar-refractivity contribution in [2.75, 3.05) is 10.2 Å². The van der Waals surface area contributed by atoms with Crippen molar-refractivity contribution in [2.24, 2.45) is 11.8 Å². The van der Waals surface area contributed by atoms with Crippen molar-refractivity contribution in [1.29, 1.82) is 0 Å². The number of aromatic nitrogens is 1. The lowest BCUT2D eigenvalue weighted by Gasteiger charge is -2.34. The fourth-order valence-corrected chi connectivity index (χ4v) is 5.49. The number of benzene rings is 1. The number of carbonyl (C=O) groups is 3. The van der Waals surface area contributed by atoms with Crippen molar-refractivity contribution in [3.05, 3.63) is 67.0 Å². The van der Waals surface area contributed by atoms with Crippen LogP contribution in [0.2, 0.25) is 0 Å². The van der Waals surface area contributed by atoms with Crippen LogP contribution in [-0.2, 0) is 19.1 Å². The predicted octanol–water partition coefficient (Wildman–Crippen LogP) is 2.68. The summed E-state index contributed by atoms with van der Waals surface area (Å²) in [6.07, 6.45) is 6.76. The fraction of sp³-hybridized carbons (Fsp3) is 0.385. The first-order chi connectivity index (χ1) is 16.1. The summed E-state index contributed by atoms with van der Waals surface area (Å²) in [4.78, 5) is 46.8. The molecule has 0 aliphatic carbocycles. The number of nitrogens with zero attached hydrogens (tertiary/aromatic N) is 2. The van der Waals surface area contributed by atoms with Crippen molar-refractivity contribution in [3.63, 3.8) is 0 Å². The molecule has 3 aliphatic heterocycles. The van der Waals surface area contributed by atoms with E-state index in [2.05, 4.69) is 15.6 Å². The van der Waals surface area contributed by atoms with Gasteiger partial charge in [-0.3, -0.25) is 24.3 Å². The van der Waals surface area contributed by atoms with Gasteiger partial charge in [0.15, 0.2) is 0 Å². The van der Waals surface area contributed by atoms with E-state index in [9.17, 15) is 14.4 Å². The van der Waals surface area contributed by atoms with Gasteiger partial charge >= 0.3 is 0 Å². The largest absolute Gasteiger partial charge is 0.356 e. The van der Waals surface area contributed by atoms with Crippen LogP contribution in [0.25, 0.3) is 0 Å². The van der Waals surface area contributed by atoms with Crippen molar-refractivity contribution >= 4 is 29.1 Å². The smallest absolute Gasteiger partial charge is 0.246 e. The third-order valence-corrected chi connectivity index (χ3v) is 6.69. The Morgan fingerprint density at radius 2 is 1.79 bits per heavy atom. The molecule has 1 aromatic carbocycles. The van der Waals surface area contributed by atoms with E-state index < -0.39 is 34.6 Å². The highest BCUT2D eigenvalue weighted by Crippen LogP contribution is 2.60. The molecule has 3 aliphatic rings. The Balaban J connectivity index is 1.59. The molecule has 1 aromatic heterocycles. The molecule has 3 amide bonds. The van der Waals surface area contributed by atoms with Crippen LogP contribution in [-0.4, -0.2) is 45.5 Å². The number of ether oxygens (including phenoxy) is 1. The number of para-hydroxylation sites is 1. The van der Waals surface area contributed by atoms with Gasteiger partial charge in [-0.05, 0) is 52.0 Å². The standard InChI is InChI=1S/C26H28N4O4/c1-24(2,3)29-22(32)20-26-13-12-25(4,34-26)18(21(31)28-16-9-6-5-7-10-16)19(26)23(33)30(20)17-11-8-14-27-15-17/h5-15,18-20H,1-4H3,(H,28,31)(H,29,32)/t18-,19+,20-,25-,26-/m1/s1. The summed E-state index contributed by atoms with van der Waals surface area (Å²) < 4.78 is 6.50. The maximum Gasteiger partial charge on any atom is 0.246 e. The highest BCUT2D eigenvalue weighted by atomic mass is 16.5. The number of anilines is 2. The van der Waals surface area contributed by atoms with E-state index in [1.165, 1.54) is 4.90 Å². The van der Waals surface area contributed by atoms with Crippen LogP contribution < -0.4 is 15.5 Å². The number of rotatable bonds is 4. The Kier molecular flexibility index (Phi) is 4.91. The summed E-state index contributed by atoms with van der Waals surface area (Å²) in [7, 11) is 0. The Labute approximate surface area is 198 Å². The second kappa shape index (κ2) is 7.50. The van der Waals surface area contributed by atoms with Gasteiger partial charge in [-0.15, -0.1) is 0 Å². The van der Waals surface area contributed by atoms with Crippen molar-refractivity contribution < 1.29 is 19.1 Å². The van der Waals surface area contributed by atoms with Crippen molar-refractivity contribution in [3.8, 4) is 0 Å². The Morgan fingerprint density at radius 1 is 1.06 bits per heavy atom. The van der Waals surface area contributed by atoms with Crippen LogP contribution in [0.5, 0.6) is 0 Å². The number of amides is 3. The lowest BCUT2D eigenvalue weighted by atomic mass is 9.70. The first-order valence-electron chi connectivity index (χ1n) is 11.4. The molecule has 2 saturated heterocycles. The minimum atomic E-state index is -1.27. The quantitative estimate of drug-likeness (QED) is 0.684. The molecule has 0 unspecified atom stereocenters. The number of hydrogen-bond acceptors (Lipinski definition) is 5. The van der Waals surface area contributed by atoms with Gasteiger partial charge in [0.2, 0.25) is 17.7 Å². The maximum absolute atomic E-state index is 14.0. The molecule has 2 fully saturated rings. The molecule has 1 spiro atoms. The fourth-order valence-electron chi connectivity index (χ4n) is 5.49. The summed E-state index contributed by atoms with van der Waals surface area (Å²) in [5.41, 5.74) is -1.69. The third kappa shape index (κ3) is 3.32. The molecule has 176 valence electrons. The van der Waals surface area contributed by atoms with Crippen LogP contribution in [0.1, 0.15) is 27.7 Å². The number of fused-ring (bicyclic) bond motifs is 1. The van der Waals surface area contributed by atoms with E-state index in [-0.39, 0.29) is 17.7 Å². The summed E-state index contributed by atoms with van der Waals surface area (Å²) in [5, 5.41) is 5.92. The number of nitrogens with one attached hydrogen (secondary N) is 2. The monoisotopic (exact) mass is 460 g/mol. The highest BCUT2D eigenvalue weighted by Gasteiger charge is 2.76. The van der Waals surface area contributed by atoms with Crippen LogP contribution in [0.4, 0.5) is 11.4 Å². The van der Waals surface area contributed by atoms with Gasteiger partial charge in [0.1, 0.15) is 11.6 Å². The lowest BCUT2D eigenvalue weighted by Crippen LogP contribution is -2.58. The van der Waals surface area contributed by atoms with Gasteiger partial charge in [0.05, 0.1) is 29.3 Å². The highest BCUT2D eigenvalue weighted by molar-refractivity contribution is 6.11. The molecule has 5 rings (SSSR count). The first kappa shape index (κ1) is 22.3. The molecule has 0 saturated carbocycles. The third-order valence-electron chi connectivity index (χ3n) is 6.69. The lowest BCUT2D eigenvalue weighted by molar-refractivity contribution is -0.131. The minimum Gasteiger partial charge on any atom is -0.356 e. The van der Waals surface area contributed by atoms with Crippen molar-refractivity contribution in [2.45, 2.75) is 50.5 Å². The zero-order chi connectivity index (χ0) is 24.3. The zero-order valence-electron chi connectivity index (χ0n) is 19.6. The number of pyridine rings is 1. The molecular formula is C26H28N4O4. The molecular weight excluding hydrogens is 432 g/mol. The second-order valence-corrected chi connectivity index (χ2v) is 10.3. The number of carbonyl (C=O) groups excluding carboxylic acids is 3. The molecule has 8 nitrogen and oxygen atoms in total. The average molecular weight is 461 g/mol. The van der Waals surface area contributed by atoms with Crippen LogP contribution in [0.15, 0.2) is 67.0 Å². The van der Waals surface area contributed by atoms with Crippen LogP contribution in [0.3, 0.4) is 0 Å². The Morgan fingerprint density at radius 3 is 2.44 bits per heavy atom. The molecule has 4 heterocycles. The molecule has 2 aromatic rings. The molecule has 2 N–H and O–H groups in total. The molecule has 0 radical (unpaired) electrons. The summed E-state index contributed by atoms with van der Waals surface area (Å²) in [5.74, 6) is -2.66. The molecule has 34 heavy (non-hydrogen) atoms. The summed E-state index contributed by atoms with van der Waals surface area (Å²) in [6, 6.07) is 11.6. The second-order valence-electron chi connectivity index (χ2n) is 10.3. The Bertz CT molecular complexity index is 1180. The van der Waals surface area contributed by atoms with Gasteiger partial charge < -0.3 is 15.4 Å². The van der Waals surface area contributed by atoms with Gasteiger partial charge in [0, 0.05) is 17.4 Å². The maximum atomic E-state index is 14.0. The van der Waals surface area contributed by atoms with Gasteiger partial charge in [0.25, 0.3) is 0 Å². The topological polar surface area (TPSA) is 101 Å². The average Bonchev–Trinajstić information content (AvgIpc) is 3.34. The minimum absolute atomic E-state index is 0.318. The van der Waals surface area contributed by atoms with E-state index in [0.717, 1.165) is 0 Å².